The summed E-state index contributed by atoms with van der Waals surface area (Å²) < 4.78 is 0. The highest BCUT2D eigenvalue weighted by Crippen LogP contribution is 2.30. The molecule has 0 saturated heterocycles. The van der Waals surface area contributed by atoms with E-state index in [0.717, 1.165) is 11.8 Å². The van der Waals surface area contributed by atoms with Crippen LogP contribution in [-0.4, -0.2) is 6.04 Å². The SMILES string of the molecule is Cc1ccc(C(C)NC2CCC(C)C(C)C2)cc1C. The van der Waals surface area contributed by atoms with Gasteiger partial charge in [-0.2, -0.15) is 0 Å². The standard InChI is InChI=1S/C18H29N/c1-12-6-8-17(10-14(12)3)16(5)19-18-9-7-13(2)15(4)11-18/h6,8,10,13,15-16,18-19H,7,9,11H2,1-5H3. The third kappa shape index (κ3) is 3.60. The molecular weight excluding hydrogens is 230 g/mol. The Morgan fingerprint density at radius 3 is 2.42 bits per heavy atom. The minimum Gasteiger partial charge on any atom is -0.307 e. The molecule has 1 aliphatic rings. The molecular formula is C18H29N. The molecule has 0 heterocycles. The van der Waals surface area contributed by atoms with Crippen LogP contribution in [0.1, 0.15) is 62.8 Å². The summed E-state index contributed by atoms with van der Waals surface area (Å²) in [7, 11) is 0. The van der Waals surface area contributed by atoms with Crippen molar-refractivity contribution in [2.24, 2.45) is 11.8 Å². The fraction of sp³-hybridized carbons (Fsp3) is 0.667. The van der Waals surface area contributed by atoms with Crippen molar-refractivity contribution in [3.05, 3.63) is 34.9 Å². The summed E-state index contributed by atoms with van der Waals surface area (Å²) in [5.74, 6) is 1.76. The van der Waals surface area contributed by atoms with Crippen LogP contribution in [0.15, 0.2) is 18.2 Å². The lowest BCUT2D eigenvalue weighted by atomic mass is 9.79. The van der Waals surface area contributed by atoms with Gasteiger partial charge in [0.15, 0.2) is 0 Å². The average molecular weight is 259 g/mol. The van der Waals surface area contributed by atoms with E-state index in [4.69, 9.17) is 0 Å². The maximum absolute atomic E-state index is 3.83. The Hall–Kier alpha value is -0.820. The molecule has 1 heteroatoms. The van der Waals surface area contributed by atoms with Crippen LogP contribution in [0.5, 0.6) is 0 Å². The first-order valence-electron chi connectivity index (χ1n) is 7.80. The van der Waals surface area contributed by atoms with Crippen LogP contribution in [0, 0.1) is 25.7 Å². The van der Waals surface area contributed by atoms with Gasteiger partial charge in [-0.3, -0.25) is 0 Å². The molecule has 1 aromatic rings. The highest BCUT2D eigenvalue weighted by atomic mass is 14.9. The van der Waals surface area contributed by atoms with E-state index in [0.29, 0.717) is 12.1 Å². The summed E-state index contributed by atoms with van der Waals surface area (Å²) in [5, 5.41) is 3.83. The Bertz CT molecular complexity index is 424. The zero-order chi connectivity index (χ0) is 14.0. The molecule has 4 atom stereocenters. The van der Waals surface area contributed by atoms with E-state index in [1.807, 2.05) is 0 Å². The van der Waals surface area contributed by atoms with Gasteiger partial charge in [-0.15, -0.1) is 0 Å². The molecule has 19 heavy (non-hydrogen) atoms. The lowest BCUT2D eigenvalue weighted by molar-refractivity contribution is 0.217. The molecule has 0 radical (unpaired) electrons. The molecule has 4 unspecified atom stereocenters. The Morgan fingerprint density at radius 1 is 1.05 bits per heavy atom. The van der Waals surface area contributed by atoms with Gasteiger partial charge in [-0.25, -0.2) is 0 Å². The molecule has 1 saturated carbocycles. The number of hydrogen-bond acceptors (Lipinski definition) is 1. The molecule has 0 bridgehead atoms. The Balaban J connectivity index is 1.97. The lowest BCUT2D eigenvalue weighted by Crippen LogP contribution is -2.37. The summed E-state index contributed by atoms with van der Waals surface area (Å²) in [6, 6.07) is 8.01. The van der Waals surface area contributed by atoms with Crippen molar-refractivity contribution < 1.29 is 0 Å². The molecule has 0 aliphatic heterocycles. The van der Waals surface area contributed by atoms with E-state index in [9.17, 15) is 0 Å². The second-order valence-electron chi connectivity index (χ2n) is 6.70. The zero-order valence-electron chi connectivity index (χ0n) is 13.2. The normalized spacial score (nSPS) is 29.2. The van der Waals surface area contributed by atoms with Crippen molar-refractivity contribution in [3.8, 4) is 0 Å². The van der Waals surface area contributed by atoms with Crippen molar-refractivity contribution in [1.82, 2.24) is 5.32 Å². The Morgan fingerprint density at radius 2 is 1.79 bits per heavy atom. The lowest BCUT2D eigenvalue weighted by Gasteiger charge is -2.34. The van der Waals surface area contributed by atoms with Crippen molar-refractivity contribution in [3.63, 3.8) is 0 Å². The van der Waals surface area contributed by atoms with E-state index in [1.54, 1.807) is 0 Å². The van der Waals surface area contributed by atoms with Crippen LogP contribution in [0.4, 0.5) is 0 Å². The van der Waals surface area contributed by atoms with Crippen LogP contribution in [0.2, 0.25) is 0 Å². The number of nitrogens with one attached hydrogen (secondary N) is 1. The van der Waals surface area contributed by atoms with Gasteiger partial charge in [0, 0.05) is 12.1 Å². The fourth-order valence-electron chi connectivity index (χ4n) is 3.18. The molecule has 0 aromatic heterocycles. The molecule has 1 fully saturated rings. The number of benzene rings is 1. The van der Waals surface area contributed by atoms with Gasteiger partial charge in [0.05, 0.1) is 0 Å². The van der Waals surface area contributed by atoms with E-state index in [1.165, 1.54) is 36.0 Å². The first-order chi connectivity index (χ1) is 8.97. The topological polar surface area (TPSA) is 12.0 Å². The minimum atomic E-state index is 0.463. The predicted molar refractivity (Wildman–Crippen MR) is 83.4 cm³/mol. The number of aryl methyl sites for hydroxylation is 2. The monoisotopic (exact) mass is 259 g/mol. The van der Waals surface area contributed by atoms with Gasteiger partial charge in [0.2, 0.25) is 0 Å². The molecule has 2 rings (SSSR count). The quantitative estimate of drug-likeness (QED) is 0.824. The van der Waals surface area contributed by atoms with Crippen LogP contribution < -0.4 is 5.32 Å². The van der Waals surface area contributed by atoms with Crippen LogP contribution >= 0.6 is 0 Å². The largest absolute Gasteiger partial charge is 0.307 e. The zero-order valence-corrected chi connectivity index (χ0v) is 13.2. The van der Waals surface area contributed by atoms with Crippen LogP contribution in [0.3, 0.4) is 0 Å². The summed E-state index contributed by atoms with van der Waals surface area (Å²) in [5.41, 5.74) is 4.21. The molecule has 1 nitrogen and oxygen atoms in total. The molecule has 106 valence electrons. The maximum Gasteiger partial charge on any atom is 0.0294 e. The number of rotatable bonds is 3. The van der Waals surface area contributed by atoms with Crippen molar-refractivity contribution in [2.45, 2.75) is 66.0 Å². The summed E-state index contributed by atoms with van der Waals surface area (Å²) >= 11 is 0. The molecule has 1 aromatic carbocycles. The summed E-state index contributed by atoms with van der Waals surface area (Å²) in [4.78, 5) is 0. The Labute approximate surface area is 118 Å². The Kier molecular flexibility index (Phi) is 4.67. The average Bonchev–Trinajstić information content (AvgIpc) is 2.37. The second kappa shape index (κ2) is 6.09. The van der Waals surface area contributed by atoms with E-state index < -0.39 is 0 Å². The van der Waals surface area contributed by atoms with Crippen molar-refractivity contribution in [1.29, 1.82) is 0 Å². The van der Waals surface area contributed by atoms with Gasteiger partial charge >= 0.3 is 0 Å². The first-order valence-corrected chi connectivity index (χ1v) is 7.80. The molecule has 1 N–H and O–H groups in total. The van der Waals surface area contributed by atoms with E-state index in [2.05, 4.69) is 58.1 Å². The maximum atomic E-state index is 3.83. The van der Waals surface area contributed by atoms with Crippen molar-refractivity contribution >= 4 is 0 Å². The molecule has 1 aliphatic carbocycles. The van der Waals surface area contributed by atoms with Crippen molar-refractivity contribution in [2.75, 3.05) is 0 Å². The van der Waals surface area contributed by atoms with Gasteiger partial charge in [-0.05, 0) is 68.6 Å². The van der Waals surface area contributed by atoms with Crippen LogP contribution in [0.25, 0.3) is 0 Å². The summed E-state index contributed by atoms with van der Waals surface area (Å²) in [6.45, 7) is 11.5. The minimum absolute atomic E-state index is 0.463. The van der Waals surface area contributed by atoms with Crippen LogP contribution in [-0.2, 0) is 0 Å². The third-order valence-corrected chi connectivity index (χ3v) is 5.11. The van der Waals surface area contributed by atoms with Gasteiger partial charge in [-0.1, -0.05) is 32.0 Å². The van der Waals surface area contributed by atoms with Gasteiger partial charge < -0.3 is 5.32 Å². The highest BCUT2D eigenvalue weighted by Gasteiger charge is 2.25. The first kappa shape index (κ1) is 14.6. The highest BCUT2D eigenvalue weighted by molar-refractivity contribution is 5.31. The fourth-order valence-corrected chi connectivity index (χ4v) is 3.18. The van der Waals surface area contributed by atoms with Gasteiger partial charge in [0.1, 0.15) is 0 Å². The predicted octanol–water partition coefficient (Wildman–Crippen LogP) is 4.78. The molecule has 0 spiro atoms. The summed E-state index contributed by atoms with van der Waals surface area (Å²) in [6.07, 6.45) is 4.04. The smallest absolute Gasteiger partial charge is 0.0294 e. The van der Waals surface area contributed by atoms with E-state index in [-0.39, 0.29) is 0 Å². The van der Waals surface area contributed by atoms with E-state index >= 15 is 0 Å². The molecule has 0 amide bonds. The van der Waals surface area contributed by atoms with Gasteiger partial charge in [0.25, 0.3) is 0 Å². The number of hydrogen-bond donors (Lipinski definition) is 1. The second-order valence-corrected chi connectivity index (χ2v) is 6.70. The third-order valence-electron chi connectivity index (χ3n) is 5.11.